The summed E-state index contributed by atoms with van der Waals surface area (Å²) >= 11 is 1.86. The summed E-state index contributed by atoms with van der Waals surface area (Å²) in [5.74, 6) is 1.71. The van der Waals surface area contributed by atoms with Gasteiger partial charge in [-0.1, -0.05) is 38.1 Å². The van der Waals surface area contributed by atoms with Crippen molar-refractivity contribution in [2.75, 3.05) is 12.3 Å². The fourth-order valence-corrected chi connectivity index (χ4v) is 2.28. The highest BCUT2D eigenvalue weighted by Gasteiger charge is 1.98. The number of nitrogens with one attached hydrogen (secondary N) is 1. The molecule has 0 saturated heterocycles. The lowest BCUT2D eigenvalue weighted by Crippen LogP contribution is -2.18. The highest BCUT2D eigenvalue weighted by molar-refractivity contribution is 7.99. The van der Waals surface area contributed by atoms with Gasteiger partial charge < -0.3 is 5.32 Å². The number of thioether (sulfide) groups is 1. The van der Waals surface area contributed by atoms with Crippen molar-refractivity contribution in [2.45, 2.75) is 32.2 Å². The summed E-state index contributed by atoms with van der Waals surface area (Å²) in [7, 11) is 0. The summed E-state index contributed by atoms with van der Waals surface area (Å²) < 4.78 is 0. The van der Waals surface area contributed by atoms with Gasteiger partial charge in [-0.25, -0.2) is 0 Å². The van der Waals surface area contributed by atoms with Gasteiger partial charge in [-0.3, -0.25) is 0 Å². The van der Waals surface area contributed by atoms with Gasteiger partial charge in [0.2, 0.25) is 0 Å². The van der Waals surface area contributed by atoms with E-state index in [2.05, 4.69) is 56.9 Å². The van der Waals surface area contributed by atoms with Crippen LogP contribution in [0.25, 0.3) is 0 Å². The summed E-state index contributed by atoms with van der Waals surface area (Å²) in [5.41, 5.74) is 2.58. The van der Waals surface area contributed by atoms with Crippen molar-refractivity contribution in [3.63, 3.8) is 0 Å². The lowest BCUT2D eigenvalue weighted by molar-refractivity contribution is 0.552. The highest BCUT2D eigenvalue weighted by Crippen LogP contribution is 2.20. The lowest BCUT2D eigenvalue weighted by atomic mass is 10.2. The zero-order chi connectivity index (χ0) is 12.7. The van der Waals surface area contributed by atoms with E-state index < -0.39 is 0 Å². The molecule has 0 fully saturated rings. The molecule has 0 heterocycles. The van der Waals surface area contributed by atoms with Gasteiger partial charge in [0, 0.05) is 17.2 Å². The molecule has 0 aromatic heterocycles. The third-order valence-corrected chi connectivity index (χ3v) is 3.49. The Morgan fingerprint density at radius 2 is 2.18 bits per heavy atom. The molecule has 0 unspecified atom stereocenters. The maximum atomic E-state index is 3.93. The Balaban J connectivity index is 2.45. The van der Waals surface area contributed by atoms with Gasteiger partial charge in [0.05, 0.1) is 0 Å². The van der Waals surface area contributed by atoms with E-state index in [0.29, 0.717) is 5.92 Å². The van der Waals surface area contributed by atoms with E-state index in [1.165, 1.54) is 16.0 Å². The van der Waals surface area contributed by atoms with Crippen LogP contribution in [0.1, 0.15) is 26.3 Å². The smallest absolute Gasteiger partial charge is 0.0206 e. The molecule has 0 atom stereocenters. The minimum absolute atomic E-state index is 0.705. The van der Waals surface area contributed by atoms with E-state index in [-0.39, 0.29) is 0 Å². The van der Waals surface area contributed by atoms with E-state index >= 15 is 0 Å². The number of hydrogen-bond acceptors (Lipinski definition) is 2. The summed E-state index contributed by atoms with van der Waals surface area (Å²) in [6, 6.07) is 8.74. The Morgan fingerprint density at radius 1 is 1.41 bits per heavy atom. The zero-order valence-corrected chi connectivity index (χ0v) is 11.9. The van der Waals surface area contributed by atoms with Crippen molar-refractivity contribution < 1.29 is 0 Å². The Morgan fingerprint density at radius 3 is 2.82 bits per heavy atom. The average molecular weight is 249 g/mol. The molecule has 0 radical (unpaired) electrons. The molecule has 17 heavy (non-hydrogen) atoms. The second kappa shape index (κ2) is 7.57. The molecule has 0 aliphatic carbocycles. The standard InChI is InChI=1S/C15H23NS/c1-12(2)9-16-10-14-6-5-7-15(8-14)17-11-13(3)4/h5-8,12,16H,3,9-11H2,1-2,4H3. The van der Waals surface area contributed by atoms with Crippen LogP contribution in [0.15, 0.2) is 41.3 Å². The van der Waals surface area contributed by atoms with Crippen LogP contribution in [0.5, 0.6) is 0 Å². The first-order chi connectivity index (χ1) is 8.08. The molecule has 0 aliphatic rings. The van der Waals surface area contributed by atoms with E-state index in [4.69, 9.17) is 0 Å². The molecule has 0 amide bonds. The minimum Gasteiger partial charge on any atom is -0.312 e. The fourth-order valence-electron chi connectivity index (χ4n) is 1.46. The van der Waals surface area contributed by atoms with Crippen molar-refractivity contribution in [3.05, 3.63) is 42.0 Å². The molecular formula is C15H23NS. The number of hydrogen-bond donors (Lipinski definition) is 1. The molecule has 94 valence electrons. The number of rotatable bonds is 7. The highest BCUT2D eigenvalue weighted by atomic mass is 32.2. The quantitative estimate of drug-likeness (QED) is 0.577. The molecular weight excluding hydrogens is 226 g/mol. The Bertz CT molecular complexity index is 358. The van der Waals surface area contributed by atoms with Crippen LogP contribution in [0.2, 0.25) is 0 Å². The Hall–Kier alpha value is -0.730. The van der Waals surface area contributed by atoms with Crippen LogP contribution in [0.4, 0.5) is 0 Å². The summed E-state index contributed by atoms with van der Waals surface area (Å²) in [4.78, 5) is 1.33. The van der Waals surface area contributed by atoms with Gasteiger partial charge in [-0.05, 0) is 37.1 Å². The fraction of sp³-hybridized carbons (Fsp3) is 0.467. The van der Waals surface area contributed by atoms with Crippen LogP contribution < -0.4 is 5.32 Å². The second-order valence-corrected chi connectivity index (χ2v) is 5.97. The van der Waals surface area contributed by atoms with E-state index in [0.717, 1.165) is 18.8 Å². The van der Waals surface area contributed by atoms with Crippen LogP contribution in [-0.4, -0.2) is 12.3 Å². The van der Waals surface area contributed by atoms with Crippen molar-refractivity contribution >= 4 is 11.8 Å². The van der Waals surface area contributed by atoms with Crippen molar-refractivity contribution in [1.82, 2.24) is 5.32 Å². The first-order valence-corrected chi connectivity index (χ1v) is 7.13. The van der Waals surface area contributed by atoms with E-state index in [1.54, 1.807) is 0 Å². The van der Waals surface area contributed by atoms with Gasteiger partial charge in [0.1, 0.15) is 0 Å². The maximum absolute atomic E-state index is 3.93. The van der Waals surface area contributed by atoms with Gasteiger partial charge in [-0.2, -0.15) is 0 Å². The van der Waals surface area contributed by atoms with Crippen LogP contribution in [0.3, 0.4) is 0 Å². The predicted octanol–water partition coefficient (Wildman–Crippen LogP) is 4.10. The monoisotopic (exact) mass is 249 g/mol. The predicted molar refractivity (Wildman–Crippen MR) is 78.5 cm³/mol. The molecule has 1 rings (SSSR count). The molecule has 2 heteroatoms. The molecule has 0 bridgehead atoms. The van der Waals surface area contributed by atoms with Crippen molar-refractivity contribution in [1.29, 1.82) is 0 Å². The normalized spacial score (nSPS) is 10.8. The zero-order valence-electron chi connectivity index (χ0n) is 11.1. The summed E-state index contributed by atoms with van der Waals surface area (Å²) in [6.07, 6.45) is 0. The van der Waals surface area contributed by atoms with Crippen LogP contribution >= 0.6 is 11.8 Å². The Kier molecular flexibility index (Phi) is 6.38. The molecule has 0 aliphatic heterocycles. The van der Waals surface area contributed by atoms with Crippen LogP contribution in [0, 0.1) is 5.92 Å². The van der Waals surface area contributed by atoms with Crippen molar-refractivity contribution in [3.8, 4) is 0 Å². The summed E-state index contributed by atoms with van der Waals surface area (Å²) in [5, 5.41) is 3.47. The van der Waals surface area contributed by atoms with E-state index in [1.807, 2.05) is 11.8 Å². The van der Waals surface area contributed by atoms with Gasteiger partial charge in [0.15, 0.2) is 0 Å². The first kappa shape index (κ1) is 14.3. The lowest BCUT2D eigenvalue weighted by Gasteiger charge is -2.08. The Labute approximate surface area is 110 Å². The maximum Gasteiger partial charge on any atom is 0.0206 e. The van der Waals surface area contributed by atoms with E-state index in [9.17, 15) is 0 Å². The van der Waals surface area contributed by atoms with Crippen LogP contribution in [-0.2, 0) is 6.54 Å². The number of benzene rings is 1. The summed E-state index contributed by atoms with van der Waals surface area (Å²) in [6.45, 7) is 12.5. The van der Waals surface area contributed by atoms with Gasteiger partial charge in [0.25, 0.3) is 0 Å². The topological polar surface area (TPSA) is 12.0 Å². The molecule has 0 saturated carbocycles. The third-order valence-electron chi connectivity index (χ3n) is 2.27. The molecule has 1 aromatic rings. The largest absolute Gasteiger partial charge is 0.312 e. The minimum atomic E-state index is 0.705. The second-order valence-electron chi connectivity index (χ2n) is 4.92. The molecule has 1 nitrogen and oxygen atoms in total. The van der Waals surface area contributed by atoms with Gasteiger partial charge in [-0.15, -0.1) is 11.8 Å². The molecule has 1 aromatic carbocycles. The van der Waals surface area contributed by atoms with Crippen molar-refractivity contribution in [2.24, 2.45) is 5.92 Å². The molecule has 0 spiro atoms. The SMILES string of the molecule is C=C(C)CSc1cccc(CNCC(C)C)c1. The molecule has 1 N–H and O–H groups in total. The average Bonchev–Trinajstić information content (AvgIpc) is 2.26. The third kappa shape index (κ3) is 6.54. The van der Waals surface area contributed by atoms with Gasteiger partial charge >= 0.3 is 0 Å². The first-order valence-electron chi connectivity index (χ1n) is 6.14.